The molecule has 9 heteroatoms. The van der Waals surface area contributed by atoms with Gasteiger partial charge in [-0.1, -0.05) is 11.6 Å². The smallest absolute Gasteiger partial charge is 0.335 e. The molecule has 0 amide bonds. The molecule has 2 N–H and O–H groups in total. The van der Waals surface area contributed by atoms with E-state index in [2.05, 4.69) is 9.46 Å². The summed E-state index contributed by atoms with van der Waals surface area (Å²) in [6.07, 6.45) is 0. The van der Waals surface area contributed by atoms with Crippen LogP contribution >= 0.6 is 11.6 Å². The minimum Gasteiger partial charge on any atom is -0.478 e. The topological polar surface area (TPSA) is 110 Å². The maximum absolute atomic E-state index is 12.1. The van der Waals surface area contributed by atoms with Crippen molar-refractivity contribution in [1.29, 1.82) is 0 Å². The van der Waals surface area contributed by atoms with Crippen LogP contribution in [0.4, 0.5) is 0 Å². The number of hydrogen-bond donors (Lipinski definition) is 2. The summed E-state index contributed by atoms with van der Waals surface area (Å²) in [5, 5.41) is 8.69. The second-order valence-electron chi connectivity index (χ2n) is 3.82. The monoisotopic (exact) mass is 321 g/mol. The number of methoxy groups -OCH3 is 1. The van der Waals surface area contributed by atoms with E-state index in [9.17, 15) is 18.0 Å². The zero-order chi connectivity index (χ0) is 15.5. The summed E-state index contributed by atoms with van der Waals surface area (Å²) in [6.45, 7) is 1.29. The first-order chi connectivity index (χ1) is 9.19. The van der Waals surface area contributed by atoms with E-state index in [0.717, 1.165) is 19.2 Å². The Morgan fingerprint density at radius 1 is 1.40 bits per heavy atom. The van der Waals surface area contributed by atoms with Crippen molar-refractivity contribution in [2.45, 2.75) is 17.9 Å². The first kappa shape index (κ1) is 16.4. The maximum atomic E-state index is 12.1. The Balaban J connectivity index is 3.18. The first-order valence-electron chi connectivity index (χ1n) is 5.32. The van der Waals surface area contributed by atoms with Crippen molar-refractivity contribution in [1.82, 2.24) is 4.72 Å². The molecule has 0 radical (unpaired) electrons. The number of sulfonamides is 1. The molecule has 1 rings (SSSR count). The van der Waals surface area contributed by atoms with Gasteiger partial charge < -0.3 is 9.84 Å². The molecule has 0 aromatic heterocycles. The van der Waals surface area contributed by atoms with Gasteiger partial charge in [0.2, 0.25) is 10.0 Å². The normalized spacial score (nSPS) is 12.8. The third kappa shape index (κ3) is 3.69. The number of carboxylic acid groups (broad SMARTS) is 1. The van der Waals surface area contributed by atoms with Gasteiger partial charge in [-0.25, -0.2) is 13.2 Å². The van der Waals surface area contributed by atoms with Gasteiger partial charge in [0.1, 0.15) is 10.9 Å². The van der Waals surface area contributed by atoms with Gasteiger partial charge in [0.05, 0.1) is 17.7 Å². The van der Waals surface area contributed by atoms with Crippen LogP contribution in [-0.2, 0) is 19.6 Å². The Hall–Kier alpha value is -1.64. The van der Waals surface area contributed by atoms with Crippen LogP contribution in [0.1, 0.15) is 17.3 Å². The van der Waals surface area contributed by atoms with E-state index in [4.69, 9.17) is 16.7 Å². The zero-order valence-electron chi connectivity index (χ0n) is 10.6. The first-order valence-corrected chi connectivity index (χ1v) is 7.18. The SMILES string of the molecule is COC(=O)C(C)NS(=O)(=O)c1cc(C(=O)O)ccc1Cl. The second kappa shape index (κ2) is 6.21. The van der Waals surface area contributed by atoms with Crippen LogP contribution in [0.5, 0.6) is 0 Å². The van der Waals surface area contributed by atoms with E-state index in [1.165, 1.54) is 13.0 Å². The molecular formula is C11H12ClNO6S. The van der Waals surface area contributed by atoms with E-state index in [1.54, 1.807) is 0 Å². The molecule has 110 valence electrons. The molecule has 0 aliphatic heterocycles. The fraction of sp³-hybridized carbons (Fsp3) is 0.273. The molecule has 1 unspecified atom stereocenters. The number of ether oxygens (including phenoxy) is 1. The molecule has 0 saturated heterocycles. The van der Waals surface area contributed by atoms with E-state index in [0.29, 0.717) is 0 Å². The van der Waals surface area contributed by atoms with Crippen LogP contribution in [-0.4, -0.2) is 38.6 Å². The summed E-state index contributed by atoms with van der Waals surface area (Å²) in [4.78, 5) is 21.6. The molecule has 20 heavy (non-hydrogen) atoms. The number of halogens is 1. The lowest BCUT2D eigenvalue weighted by molar-refractivity contribution is -0.142. The van der Waals surface area contributed by atoms with Crippen molar-refractivity contribution in [3.63, 3.8) is 0 Å². The minimum absolute atomic E-state index is 0.153. The standard InChI is InChI=1S/C11H12ClNO6S/c1-6(11(16)19-2)13-20(17,18)9-5-7(10(14)15)3-4-8(9)12/h3-6,13H,1-2H3,(H,14,15). The molecule has 0 bridgehead atoms. The number of benzene rings is 1. The third-order valence-corrected chi connectivity index (χ3v) is 4.38. The summed E-state index contributed by atoms with van der Waals surface area (Å²) in [5.41, 5.74) is -0.236. The molecule has 0 saturated carbocycles. The van der Waals surface area contributed by atoms with Crippen molar-refractivity contribution >= 4 is 33.6 Å². The number of nitrogens with one attached hydrogen (secondary N) is 1. The second-order valence-corrected chi connectivity index (χ2v) is 5.91. The van der Waals surface area contributed by atoms with Gasteiger partial charge in [-0.3, -0.25) is 4.79 Å². The average Bonchev–Trinajstić information content (AvgIpc) is 2.37. The molecule has 0 heterocycles. The van der Waals surface area contributed by atoms with E-state index in [-0.39, 0.29) is 10.6 Å². The van der Waals surface area contributed by atoms with Gasteiger partial charge in [0.15, 0.2) is 0 Å². The predicted octanol–water partition coefficient (Wildman–Crippen LogP) is 0.878. The van der Waals surface area contributed by atoms with Crippen LogP contribution in [0.2, 0.25) is 5.02 Å². The van der Waals surface area contributed by atoms with Crippen LogP contribution < -0.4 is 4.72 Å². The van der Waals surface area contributed by atoms with Crippen LogP contribution in [0.3, 0.4) is 0 Å². The van der Waals surface area contributed by atoms with Crippen molar-refractivity contribution in [2.75, 3.05) is 7.11 Å². The lowest BCUT2D eigenvalue weighted by atomic mass is 10.2. The van der Waals surface area contributed by atoms with Crippen molar-refractivity contribution < 1.29 is 27.9 Å². The summed E-state index contributed by atoms with van der Waals surface area (Å²) < 4.78 is 30.6. The van der Waals surface area contributed by atoms with Gasteiger partial charge in [0.25, 0.3) is 0 Å². The highest BCUT2D eigenvalue weighted by atomic mass is 35.5. The molecule has 0 fully saturated rings. The number of hydrogen-bond acceptors (Lipinski definition) is 5. The summed E-state index contributed by atoms with van der Waals surface area (Å²) in [6, 6.07) is 2.11. The minimum atomic E-state index is -4.15. The largest absolute Gasteiger partial charge is 0.478 e. The highest BCUT2D eigenvalue weighted by Crippen LogP contribution is 2.23. The lowest BCUT2D eigenvalue weighted by Gasteiger charge is -2.13. The Morgan fingerprint density at radius 3 is 2.50 bits per heavy atom. The number of aromatic carboxylic acids is 1. The van der Waals surface area contributed by atoms with E-state index < -0.39 is 32.9 Å². The molecule has 0 aliphatic carbocycles. The molecule has 0 spiro atoms. The van der Waals surface area contributed by atoms with Crippen LogP contribution in [0.15, 0.2) is 23.1 Å². The highest BCUT2D eigenvalue weighted by Gasteiger charge is 2.25. The van der Waals surface area contributed by atoms with Crippen molar-refractivity contribution in [2.24, 2.45) is 0 Å². The number of rotatable bonds is 5. The maximum Gasteiger partial charge on any atom is 0.335 e. The summed E-state index contributed by atoms with van der Waals surface area (Å²) in [7, 11) is -3.03. The quantitative estimate of drug-likeness (QED) is 0.779. The Bertz CT molecular complexity index is 642. The molecule has 7 nitrogen and oxygen atoms in total. The number of carbonyl (C=O) groups is 2. The Labute approximate surface area is 120 Å². The summed E-state index contributed by atoms with van der Waals surface area (Å²) >= 11 is 5.75. The van der Waals surface area contributed by atoms with Crippen LogP contribution in [0.25, 0.3) is 0 Å². The fourth-order valence-electron chi connectivity index (χ4n) is 1.36. The highest BCUT2D eigenvalue weighted by molar-refractivity contribution is 7.89. The lowest BCUT2D eigenvalue weighted by Crippen LogP contribution is -2.39. The number of esters is 1. The van der Waals surface area contributed by atoms with E-state index >= 15 is 0 Å². The van der Waals surface area contributed by atoms with Gasteiger partial charge in [0, 0.05) is 0 Å². The Morgan fingerprint density at radius 2 is 2.00 bits per heavy atom. The van der Waals surface area contributed by atoms with Gasteiger partial charge >= 0.3 is 11.9 Å². The average molecular weight is 322 g/mol. The summed E-state index contributed by atoms with van der Waals surface area (Å²) in [5.74, 6) is -2.07. The van der Waals surface area contributed by atoms with Crippen molar-refractivity contribution in [3.05, 3.63) is 28.8 Å². The predicted molar refractivity (Wildman–Crippen MR) is 70.2 cm³/mol. The fourth-order valence-corrected chi connectivity index (χ4v) is 3.08. The number of carboxylic acids is 1. The molecule has 1 aromatic carbocycles. The van der Waals surface area contributed by atoms with Gasteiger partial charge in [-0.2, -0.15) is 4.72 Å². The Kier molecular flexibility index (Phi) is 5.09. The molecular weight excluding hydrogens is 310 g/mol. The van der Waals surface area contributed by atoms with Crippen molar-refractivity contribution in [3.8, 4) is 0 Å². The van der Waals surface area contributed by atoms with Gasteiger partial charge in [-0.15, -0.1) is 0 Å². The third-order valence-electron chi connectivity index (χ3n) is 2.35. The van der Waals surface area contributed by atoms with Gasteiger partial charge in [-0.05, 0) is 25.1 Å². The molecule has 1 atom stereocenters. The molecule has 0 aliphatic rings. The molecule has 1 aromatic rings. The van der Waals surface area contributed by atoms with E-state index in [1.807, 2.05) is 0 Å². The number of carbonyl (C=O) groups excluding carboxylic acids is 1. The zero-order valence-corrected chi connectivity index (χ0v) is 12.2. The van der Waals surface area contributed by atoms with Crippen LogP contribution in [0, 0.1) is 0 Å².